The molecule has 0 aliphatic rings. The van der Waals surface area contributed by atoms with Gasteiger partial charge in [0.1, 0.15) is 0 Å². The van der Waals surface area contributed by atoms with Crippen molar-refractivity contribution in [3.8, 4) is 0 Å². The van der Waals surface area contributed by atoms with Gasteiger partial charge in [-0.15, -0.1) is 0 Å². The van der Waals surface area contributed by atoms with E-state index >= 15 is 0 Å². The van der Waals surface area contributed by atoms with E-state index in [2.05, 4.69) is 12.2 Å². The quantitative estimate of drug-likeness (QED) is 0.639. The van der Waals surface area contributed by atoms with Crippen LogP contribution in [0.3, 0.4) is 0 Å². The Morgan fingerprint density at radius 2 is 1.87 bits per heavy atom. The molecule has 0 fully saturated rings. The summed E-state index contributed by atoms with van der Waals surface area (Å²) < 4.78 is 0. The van der Waals surface area contributed by atoms with Gasteiger partial charge in [-0.25, -0.2) is 0 Å². The molecule has 1 N–H and O–H groups in total. The molecule has 23 heavy (non-hydrogen) atoms. The molecule has 2 aromatic carbocycles. The van der Waals surface area contributed by atoms with E-state index < -0.39 is 0 Å². The first-order chi connectivity index (χ1) is 11.1. The van der Waals surface area contributed by atoms with Crippen LogP contribution < -0.4 is 5.32 Å². The molecule has 2 nitrogen and oxygen atoms in total. The smallest absolute Gasteiger partial charge is 0.248 e. The molecule has 0 spiro atoms. The molecule has 0 aliphatic heterocycles. The normalized spacial score (nSPS) is 10.9. The van der Waals surface area contributed by atoms with E-state index in [4.69, 9.17) is 23.2 Å². The van der Waals surface area contributed by atoms with Crippen molar-refractivity contribution < 1.29 is 4.79 Å². The monoisotopic (exact) mass is 347 g/mol. The van der Waals surface area contributed by atoms with Crippen LogP contribution in [-0.2, 0) is 11.2 Å². The Bertz CT molecular complexity index is 693. The van der Waals surface area contributed by atoms with Crippen LogP contribution in [-0.4, -0.2) is 5.91 Å². The summed E-state index contributed by atoms with van der Waals surface area (Å²) in [5, 5.41) is 3.92. The van der Waals surface area contributed by atoms with Gasteiger partial charge in [-0.3, -0.25) is 4.79 Å². The molecule has 0 aromatic heterocycles. The second kappa shape index (κ2) is 8.76. The zero-order valence-corrected chi connectivity index (χ0v) is 14.5. The molecule has 0 bridgehead atoms. The molecule has 0 atom stereocenters. The summed E-state index contributed by atoms with van der Waals surface area (Å²) >= 11 is 11.9. The number of carbonyl (C=O) groups is 1. The third kappa shape index (κ3) is 5.74. The highest BCUT2D eigenvalue weighted by Crippen LogP contribution is 2.22. The minimum atomic E-state index is -0.197. The Balaban J connectivity index is 1.95. The first-order valence-electron chi connectivity index (χ1n) is 7.61. The zero-order chi connectivity index (χ0) is 16.7. The molecule has 1 amide bonds. The molecule has 2 aromatic rings. The molecule has 2 rings (SSSR count). The van der Waals surface area contributed by atoms with Crippen molar-refractivity contribution >= 4 is 40.9 Å². The molecule has 0 radical (unpaired) electrons. The number of hydrogen-bond acceptors (Lipinski definition) is 1. The van der Waals surface area contributed by atoms with Crippen LogP contribution in [0.5, 0.6) is 0 Å². The maximum absolute atomic E-state index is 12.0. The van der Waals surface area contributed by atoms with Gasteiger partial charge in [-0.2, -0.15) is 0 Å². The number of aryl methyl sites for hydroxylation is 1. The summed E-state index contributed by atoms with van der Waals surface area (Å²) in [6.07, 6.45) is 6.55. The lowest BCUT2D eigenvalue weighted by atomic mass is 10.1. The Morgan fingerprint density at radius 3 is 2.52 bits per heavy atom. The van der Waals surface area contributed by atoms with Gasteiger partial charge < -0.3 is 5.32 Å². The van der Waals surface area contributed by atoms with Gasteiger partial charge in [0, 0.05) is 21.8 Å². The van der Waals surface area contributed by atoms with Crippen LogP contribution in [0.4, 0.5) is 5.69 Å². The Labute approximate surface area is 147 Å². The number of benzene rings is 2. The highest BCUT2D eigenvalue weighted by molar-refractivity contribution is 6.35. The van der Waals surface area contributed by atoms with Crippen LogP contribution in [0.2, 0.25) is 10.0 Å². The summed E-state index contributed by atoms with van der Waals surface area (Å²) in [6, 6.07) is 13.1. The number of carbonyl (C=O) groups excluding carboxylic acids is 1. The van der Waals surface area contributed by atoms with Gasteiger partial charge in [0.2, 0.25) is 5.91 Å². The predicted molar refractivity (Wildman–Crippen MR) is 99.2 cm³/mol. The third-order valence-electron chi connectivity index (χ3n) is 3.42. The van der Waals surface area contributed by atoms with E-state index in [-0.39, 0.29) is 5.91 Å². The first kappa shape index (κ1) is 17.6. The third-order valence-corrected chi connectivity index (χ3v) is 3.98. The molecule has 0 unspecified atom stereocenters. The summed E-state index contributed by atoms with van der Waals surface area (Å²) in [5.41, 5.74) is 2.82. The standard InChI is InChI=1S/C19H19Cl2NO/c1-2-3-4-14-5-10-17(11-6-14)22-19(23)12-8-15-7-9-16(20)13-18(15)21/h5-13H,2-4H2,1H3,(H,22,23). The highest BCUT2D eigenvalue weighted by Gasteiger charge is 2.01. The first-order valence-corrected chi connectivity index (χ1v) is 8.37. The maximum Gasteiger partial charge on any atom is 0.248 e. The number of hydrogen-bond donors (Lipinski definition) is 1. The van der Waals surface area contributed by atoms with Gasteiger partial charge in [-0.1, -0.05) is 54.7 Å². The Hall–Kier alpha value is -1.77. The van der Waals surface area contributed by atoms with Crippen molar-refractivity contribution in [2.75, 3.05) is 5.32 Å². The van der Waals surface area contributed by atoms with Crippen LogP contribution >= 0.6 is 23.2 Å². The number of unbranched alkanes of at least 4 members (excludes halogenated alkanes) is 1. The van der Waals surface area contributed by atoms with Gasteiger partial charge in [-0.05, 0) is 54.3 Å². The number of halogens is 2. The number of nitrogens with one attached hydrogen (secondary N) is 1. The van der Waals surface area contributed by atoms with E-state index in [0.717, 1.165) is 17.7 Å². The Morgan fingerprint density at radius 1 is 1.13 bits per heavy atom. The lowest BCUT2D eigenvalue weighted by Crippen LogP contribution is -2.07. The van der Waals surface area contributed by atoms with Gasteiger partial charge in [0.05, 0.1) is 0 Å². The molecule has 0 heterocycles. The highest BCUT2D eigenvalue weighted by atomic mass is 35.5. The molecule has 0 saturated heterocycles. The van der Waals surface area contributed by atoms with Crippen LogP contribution in [0.15, 0.2) is 48.5 Å². The lowest BCUT2D eigenvalue weighted by Gasteiger charge is -2.04. The van der Waals surface area contributed by atoms with Crippen molar-refractivity contribution in [2.45, 2.75) is 26.2 Å². The summed E-state index contributed by atoms with van der Waals surface area (Å²) in [7, 11) is 0. The summed E-state index contributed by atoms with van der Waals surface area (Å²) in [5.74, 6) is -0.197. The van der Waals surface area contributed by atoms with E-state index in [1.54, 1.807) is 24.3 Å². The second-order valence-electron chi connectivity index (χ2n) is 5.29. The van der Waals surface area contributed by atoms with Crippen LogP contribution in [0.1, 0.15) is 30.9 Å². The van der Waals surface area contributed by atoms with Crippen molar-refractivity contribution in [1.29, 1.82) is 0 Å². The summed E-state index contributed by atoms with van der Waals surface area (Å²) in [6.45, 7) is 2.17. The number of amides is 1. The lowest BCUT2D eigenvalue weighted by molar-refractivity contribution is -0.111. The van der Waals surface area contributed by atoms with Crippen molar-refractivity contribution in [3.05, 3.63) is 69.7 Å². The molecular formula is C19H19Cl2NO. The summed E-state index contributed by atoms with van der Waals surface area (Å²) in [4.78, 5) is 12.0. The van der Waals surface area contributed by atoms with Crippen molar-refractivity contribution in [1.82, 2.24) is 0 Å². The van der Waals surface area contributed by atoms with E-state index in [1.165, 1.54) is 24.5 Å². The Kier molecular flexibility index (Phi) is 6.69. The second-order valence-corrected chi connectivity index (χ2v) is 6.13. The SMILES string of the molecule is CCCCc1ccc(NC(=O)C=Cc2ccc(Cl)cc2Cl)cc1. The van der Waals surface area contributed by atoms with Gasteiger partial charge in [0.15, 0.2) is 0 Å². The minimum absolute atomic E-state index is 0.197. The minimum Gasteiger partial charge on any atom is -0.323 e. The van der Waals surface area contributed by atoms with Crippen LogP contribution in [0, 0.1) is 0 Å². The van der Waals surface area contributed by atoms with E-state index in [9.17, 15) is 4.79 Å². The largest absolute Gasteiger partial charge is 0.323 e. The zero-order valence-electron chi connectivity index (χ0n) is 13.0. The fraction of sp³-hybridized carbons (Fsp3) is 0.211. The average molecular weight is 348 g/mol. The maximum atomic E-state index is 12.0. The molecule has 0 saturated carbocycles. The molecule has 4 heteroatoms. The fourth-order valence-corrected chi connectivity index (χ4v) is 2.59. The van der Waals surface area contributed by atoms with E-state index in [1.807, 2.05) is 24.3 Å². The molecular weight excluding hydrogens is 329 g/mol. The molecule has 120 valence electrons. The van der Waals surface area contributed by atoms with Gasteiger partial charge in [0.25, 0.3) is 0 Å². The average Bonchev–Trinajstić information content (AvgIpc) is 2.53. The fourth-order valence-electron chi connectivity index (χ4n) is 2.12. The van der Waals surface area contributed by atoms with Crippen LogP contribution in [0.25, 0.3) is 6.08 Å². The van der Waals surface area contributed by atoms with Crippen molar-refractivity contribution in [3.63, 3.8) is 0 Å². The van der Waals surface area contributed by atoms with E-state index in [0.29, 0.717) is 10.0 Å². The number of anilines is 1. The van der Waals surface area contributed by atoms with Crippen molar-refractivity contribution in [2.24, 2.45) is 0 Å². The topological polar surface area (TPSA) is 29.1 Å². The predicted octanol–water partition coefficient (Wildman–Crippen LogP) is 5.99. The molecule has 0 aliphatic carbocycles. The number of rotatable bonds is 6. The van der Waals surface area contributed by atoms with Gasteiger partial charge >= 0.3 is 0 Å².